The molecule has 1 saturated heterocycles. The zero-order valence-electron chi connectivity index (χ0n) is 11.3. The van der Waals surface area contributed by atoms with Crippen molar-refractivity contribution in [2.24, 2.45) is 5.92 Å². The molecule has 1 saturated carbocycles. The third kappa shape index (κ3) is 1.19. The number of H-pyrrole nitrogens is 1. The van der Waals surface area contributed by atoms with E-state index in [9.17, 15) is 4.79 Å². The Balaban J connectivity index is 0.00000106. The van der Waals surface area contributed by atoms with E-state index in [2.05, 4.69) is 41.3 Å². The summed E-state index contributed by atoms with van der Waals surface area (Å²) in [5.41, 5.74) is 4.20. The summed E-state index contributed by atoms with van der Waals surface area (Å²) in [4.78, 5) is 17.9. The molecule has 20 heavy (non-hydrogen) atoms. The van der Waals surface area contributed by atoms with E-state index in [0.717, 1.165) is 12.8 Å². The van der Waals surface area contributed by atoms with Gasteiger partial charge in [0, 0.05) is 34.5 Å². The quantitative estimate of drug-likeness (QED) is 0.807. The molecule has 3 atom stereocenters. The number of aromatic amines is 1. The molecule has 2 aliphatic carbocycles. The molecule has 3 aliphatic rings. The van der Waals surface area contributed by atoms with Gasteiger partial charge in [-0.2, -0.15) is 0 Å². The molecule has 1 aromatic carbocycles. The Morgan fingerprint density at radius 2 is 2.25 bits per heavy atom. The lowest BCUT2D eigenvalue weighted by atomic mass is 9.73. The molecule has 104 valence electrons. The summed E-state index contributed by atoms with van der Waals surface area (Å²) >= 11 is 0. The highest BCUT2D eigenvalue weighted by atomic mass is 35.5. The van der Waals surface area contributed by atoms with Gasteiger partial charge in [-0.1, -0.05) is 12.1 Å². The number of carbonyl (C=O) groups excluding carboxylic acids is 1. The fourth-order valence-electron chi connectivity index (χ4n) is 4.74. The summed E-state index contributed by atoms with van der Waals surface area (Å²) in [6, 6.07) is 7.02. The molecule has 0 radical (unpaired) electrons. The number of hydrogen-bond acceptors (Lipinski definition) is 2. The summed E-state index contributed by atoms with van der Waals surface area (Å²) in [5, 5.41) is 1.39. The van der Waals surface area contributed by atoms with Gasteiger partial charge < -0.3 is 4.98 Å². The van der Waals surface area contributed by atoms with E-state index in [1.165, 1.54) is 22.0 Å². The first-order valence-electron chi connectivity index (χ1n) is 7.04. The third-order valence-electron chi connectivity index (χ3n) is 5.63. The number of ketones is 1. The first-order valence-corrected chi connectivity index (χ1v) is 7.04. The molecule has 1 aromatic heterocycles. The number of nitrogens with one attached hydrogen (secondary N) is 1. The van der Waals surface area contributed by atoms with Crippen LogP contribution in [0.15, 0.2) is 24.4 Å². The van der Waals surface area contributed by atoms with Gasteiger partial charge in [-0.05, 0) is 37.1 Å². The third-order valence-corrected chi connectivity index (χ3v) is 5.63. The van der Waals surface area contributed by atoms with Crippen molar-refractivity contribution in [2.45, 2.75) is 24.3 Å². The molecule has 0 bridgehead atoms. The second-order valence-electron chi connectivity index (χ2n) is 6.44. The summed E-state index contributed by atoms with van der Waals surface area (Å²) in [7, 11) is 2.11. The number of nitrogens with zero attached hydrogens (tertiary/aromatic N) is 1. The average Bonchev–Trinajstić information content (AvgIpc) is 3.02. The molecule has 4 heteroatoms. The minimum atomic E-state index is 0. The molecule has 0 amide bonds. The molecule has 3 nitrogen and oxygen atoms in total. The largest absolute Gasteiger partial charge is 0.361 e. The summed E-state index contributed by atoms with van der Waals surface area (Å²) < 4.78 is 0. The number of halogens is 1. The van der Waals surface area contributed by atoms with Gasteiger partial charge in [0.1, 0.15) is 0 Å². The molecule has 2 heterocycles. The zero-order valence-corrected chi connectivity index (χ0v) is 12.2. The lowest BCUT2D eigenvalue weighted by molar-refractivity contribution is -0.124. The number of piperidine rings is 1. The molecule has 1 aliphatic heterocycles. The maximum Gasteiger partial charge on any atom is 0.150 e. The number of rotatable bonds is 0. The number of Topliss-reactive ketones (excluding diaryl/α,β-unsaturated/α-hetero) is 1. The summed E-state index contributed by atoms with van der Waals surface area (Å²) in [5.74, 6) is 0.720. The van der Waals surface area contributed by atoms with Crippen LogP contribution in [-0.2, 0) is 16.6 Å². The Bertz CT molecular complexity index is 737. The van der Waals surface area contributed by atoms with Crippen LogP contribution in [0.5, 0.6) is 0 Å². The fraction of sp³-hybridized carbons (Fsp3) is 0.438. The Kier molecular flexibility index (Phi) is 2.27. The zero-order chi connectivity index (χ0) is 12.8. The molecular weight excluding hydrogens is 272 g/mol. The van der Waals surface area contributed by atoms with Crippen LogP contribution < -0.4 is 0 Å². The highest BCUT2D eigenvalue weighted by molar-refractivity contribution is 5.95. The number of likely N-dealkylation sites (tertiary alicyclic amines) is 1. The van der Waals surface area contributed by atoms with Gasteiger partial charge in [0.2, 0.25) is 0 Å². The van der Waals surface area contributed by atoms with E-state index in [4.69, 9.17) is 0 Å². The Morgan fingerprint density at radius 3 is 3.10 bits per heavy atom. The van der Waals surface area contributed by atoms with Gasteiger partial charge in [-0.25, -0.2) is 0 Å². The van der Waals surface area contributed by atoms with Crippen LogP contribution in [-0.4, -0.2) is 35.3 Å². The van der Waals surface area contributed by atoms with Crippen LogP contribution in [0.25, 0.3) is 10.9 Å². The minimum Gasteiger partial charge on any atom is -0.361 e. The van der Waals surface area contributed by atoms with Crippen molar-refractivity contribution in [1.29, 1.82) is 0 Å². The topological polar surface area (TPSA) is 36.1 Å². The van der Waals surface area contributed by atoms with Crippen molar-refractivity contribution in [2.75, 3.05) is 13.6 Å². The second-order valence-corrected chi connectivity index (χ2v) is 6.44. The predicted molar refractivity (Wildman–Crippen MR) is 80.5 cm³/mol. The molecule has 1 spiro atoms. The SMILES string of the molecule is CN1CC(=O)[C@@H]2C[C@@]23c2cccc4[nH]cc(c24)C[C@@H]13.Cl. The first kappa shape index (κ1) is 12.4. The highest BCUT2D eigenvalue weighted by Gasteiger charge is 2.67. The Labute approximate surface area is 123 Å². The fourth-order valence-corrected chi connectivity index (χ4v) is 4.74. The van der Waals surface area contributed by atoms with Crippen molar-refractivity contribution >= 4 is 29.1 Å². The van der Waals surface area contributed by atoms with Crippen LogP contribution in [0, 0.1) is 5.92 Å². The first-order chi connectivity index (χ1) is 9.22. The number of benzene rings is 1. The highest BCUT2D eigenvalue weighted by Crippen LogP contribution is 2.64. The molecule has 1 N–H and O–H groups in total. The number of hydrogen-bond donors (Lipinski definition) is 1. The summed E-state index contributed by atoms with van der Waals surface area (Å²) in [6.45, 7) is 0.632. The van der Waals surface area contributed by atoms with Crippen LogP contribution in [0.2, 0.25) is 0 Å². The molecule has 2 aromatic rings. The normalized spacial score (nSPS) is 34.4. The van der Waals surface area contributed by atoms with Crippen molar-refractivity contribution in [3.05, 3.63) is 35.5 Å². The van der Waals surface area contributed by atoms with Crippen LogP contribution in [0.1, 0.15) is 17.5 Å². The maximum absolute atomic E-state index is 12.2. The van der Waals surface area contributed by atoms with Crippen LogP contribution in [0.4, 0.5) is 0 Å². The second kappa shape index (κ2) is 3.66. The number of likely N-dealkylation sites (N-methyl/N-ethyl adjacent to an activating group) is 1. The molecular formula is C16H17ClN2O. The van der Waals surface area contributed by atoms with Crippen molar-refractivity contribution < 1.29 is 4.79 Å². The minimum absolute atomic E-state index is 0. The van der Waals surface area contributed by atoms with Gasteiger partial charge in [-0.3, -0.25) is 9.69 Å². The Hall–Kier alpha value is -1.32. The monoisotopic (exact) mass is 288 g/mol. The lowest BCUT2D eigenvalue weighted by Gasteiger charge is -2.42. The number of aromatic nitrogens is 1. The van der Waals surface area contributed by atoms with Gasteiger partial charge in [0.15, 0.2) is 5.78 Å². The van der Waals surface area contributed by atoms with E-state index < -0.39 is 0 Å². The van der Waals surface area contributed by atoms with Gasteiger partial charge in [0.25, 0.3) is 0 Å². The van der Waals surface area contributed by atoms with E-state index >= 15 is 0 Å². The van der Waals surface area contributed by atoms with E-state index in [-0.39, 0.29) is 23.7 Å². The smallest absolute Gasteiger partial charge is 0.150 e. The van der Waals surface area contributed by atoms with Gasteiger partial charge >= 0.3 is 0 Å². The van der Waals surface area contributed by atoms with Crippen LogP contribution >= 0.6 is 12.4 Å². The predicted octanol–water partition coefficient (Wildman–Crippen LogP) is 2.29. The van der Waals surface area contributed by atoms with Crippen LogP contribution in [0.3, 0.4) is 0 Å². The standard InChI is InChI=1S/C16H16N2O.ClH/c1-18-8-13(19)11-6-16(11)10-3-2-4-12-15(10)9(7-17-12)5-14(16)18;/h2-4,7,11,14,17H,5-6,8H2,1H3;1H/t11-,14+,16+;/m0./s1. The molecule has 0 unspecified atom stereocenters. The van der Waals surface area contributed by atoms with E-state index in [0.29, 0.717) is 18.4 Å². The Morgan fingerprint density at radius 1 is 1.40 bits per heavy atom. The van der Waals surface area contributed by atoms with Gasteiger partial charge in [-0.15, -0.1) is 12.4 Å². The lowest BCUT2D eigenvalue weighted by Crippen LogP contribution is -2.52. The van der Waals surface area contributed by atoms with Crippen molar-refractivity contribution in [3.8, 4) is 0 Å². The summed E-state index contributed by atoms with van der Waals surface area (Å²) in [6.07, 6.45) is 4.30. The maximum atomic E-state index is 12.2. The van der Waals surface area contributed by atoms with E-state index in [1.807, 2.05) is 0 Å². The van der Waals surface area contributed by atoms with Gasteiger partial charge in [0.05, 0.1) is 6.54 Å². The number of carbonyl (C=O) groups is 1. The van der Waals surface area contributed by atoms with E-state index in [1.54, 1.807) is 0 Å². The molecule has 5 rings (SSSR count). The molecule has 2 fully saturated rings. The van der Waals surface area contributed by atoms with Crippen molar-refractivity contribution in [3.63, 3.8) is 0 Å². The average molecular weight is 289 g/mol. The van der Waals surface area contributed by atoms with Crippen molar-refractivity contribution in [1.82, 2.24) is 9.88 Å².